The molecule has 0 atom stereocenters. The smallest absolute Gasteiger partial charge is 0.309 e. The predicted molar refractivity (Wildman–Crippen MR) is 117 cm³/mol. The van der Waals surface area contributed by atoms with E-state index in [2.05, 4.69) is 0 Å². The van der Waals surface area contributed by atoms with Crippen molar-refractivity contribution in [3.05, 3.63) is 82.8 Å². The SMILES string of the molecule is CCS(=O)(=O)Oc1cc(CN(Cc2ccco2)C(=O)c2ccccc2Cl)ccc1OC. The van der Waals surface area contributed by atoms with Gasteiger partial charge in [0, 0.05) is 6.54 Å². The minimum atomic E-state index is -3.75. The van der Waals surface area contributed by atoms with E-state index in [0.717, 1.165) is 0 Å². The fourth-order valence-corrected chi connectivity index (χ4v) is 3.63. The summed E-state index contributed by atoms with van der Waals surface area (Å²) >= 11 is 6.23. The number of nitrogens with zero attached hydrogens (tertiary/aromatic N) is 1. The molecule has 1 amide bonds. The molecule has 3 rings (SSSR count). The van der Waals surface area contributed by atoms with Gasteiger partial charge in [0.2, 0.25) is 0 Å². The van der Waals surface area contributed by atoms with Gasteiger partial charge in [-0.3, -0.25) is 4.79 Å². The van der Waals surface area contributed by atoms with Crippen LogP contribution in [0.15, 0.2) is 65.3 Å². The first-order valence-electron chi connectivity index (χ1n) is 9.48. The quantitative estimate of drug-likeness (QED) is 0.434. The van der Waals surface area contributed by atoms with Gasteiger partial charge in [-0.1, -0.05) is 29.8 Å². The van der Waals surface area contributed by atoms with Crippen molar-refractivity contribution in [2.24, 2.45) is 0 Å². The third-order valence-corrected chi connectivity index (χ3v) is 5.96. The Balaban J connectivity index is 1.93. The van der Waals surface area contributed by atoms with Crippen molar-refractivity contribution in [3.8, 4) is 11.5 Å². The lowest BCUT2D eigenvalue weighted by atomic mass is 10.1. The molecule has 0 bridgehead atoms. The first-order chi connectivity index (χ1) is 14.8. The Morgan fingerprint density at radius 3 is 2.48 bits per heavy atom. The Morgan fingerprint density at radius 1 is 1.06 bits per heavy atom. The molecule has 31 heavy (non-hydrogen) atoms. The van der Waals surface area contributed by atoms with Crippen molar-refractivity contribution in [1.29, 1.82) is 0 Å². The molecule has 0 aliphatic rings. The van der Waals surface area contributed by atoms with Crippen molar-refractivity contribution in [1.82, 2.24) is 4.90 Å². The van der Waals surface area contributed by atoms with Crippen LogP contribution in [0.2, 0.25) is 5.02 Å². The molecule has 1 aromatic heterocycles. The number of benzene rings is 2. The van der Waals surface area contributed by atoms with Crippen LogP contribution < -0.4 is 8.92 Å². The fourth-order valence-electron chi connectivity index (χ4n) is 2.90. The van der Waals surface area contributed by atoms with Crippen LogP contribution in [0.1, 0.15) is 28.6 Å². The van der Waals surface area contributed by atoms with E-state index in [-0.39, 0.29) is 36.2 Å². The fraction of sp³-hybridized carbons (Fsp3) is 0.227. The Labute approximate surface area is 186 Å². The lowest BCUT2D eigenvalue weighted by Gasteiger charge is -2.23. The van der Waals surface area contributed by atoms with Gasteiger partial charge in [0.25, 0.3) is 5.91 Å². The monoisotopic (exact) mass is 463 g/mol. The number of hydrogen-bond donors (Lipinski definition) is 0. The number of carbonyl (C=O) groups excluding carboxylic acids is 1. The molecule has 0 unspecified atom stereocenters. The van der Waals surface area contributed by atoms with E-state index in [1.165, 1.54) is 20.3 Å². The highest BCUT2D eigenvalue weighted by Gasteiger charge is 2.21. The van der Waals surface area contributed by atoms with Gasteiger partial charge in [0.1, 0.15) is 5.76 Å². The molecular weight excluding hydrogens is 442 g/mol. The second-order valence-corrected chi connectivity index (χ2v) is 8.90. The molecule has 0 fully saturated rings. The molecule has 1 heterocycles. The van der Waals surface area contributed by atoms with Crippen LogP contribution >= 0.6 is 11.6 Å². The minimum Gasteiger partial charge on any atom is -0.493 e. The summed E-state index contributed by atoms with van der Waals surface area (Å²) < 4.78 is 39.7. The van der Waals surface area contributed by atoms with E-state index in [9.17, 15) is 13.2 Å². The second-order valence-electron chi connectivity index (χ2n) is 6.64. The highest BCUT2D eigenvalue weighted by molar-refractivity contribution is 7.87. The number of carbonyl (C=O) groups is 1. The molecule has 0 spiro atoms. The van der Waals surface area contributed by atoms with E-state index >= 15 is 0 Å². The van der Waals surface area contributed by atoms with Gasteiger partial charge in [-0.25, -0.2) is 0 Å². The third-order valence-electron chi connectivity index (χ3n) is 4.49. The summed E-state index contributed by atoms with van der Waals surface area (Å²) in [5.74, 6) is 0.455. The van der Waals surface area contributed by atoms with Crippen LogP contribution in [0.25, 0.3) is 0 Å². The number of rotatable bonds is 9. The molecular formula is C22H22ClNO6S. The normalized spacial score (nSPS) is 11.2. The molecule has 9 heteroatoms. The molecule has 0 saturated heterocycles. The third kappa shape index (κ3) is 5.80. The number of hydrogen-bond acceptors (Lipinski definition) is 6. The van der Waals surface area contributed by atoms with Crippen molar-refractivity contribution in [3.63, 3.8) is 0 Å². The number of amides is 1. The second kappa shape index (κ2) is 9.89. The maximum Gasteiger partial charge on any atom is 0.309 e. The summed E-state index contributed by atoms with van der Waals surface area (Å²) in [4.78, 5) is 14.8. The number of ether oxygens (including phenoxy) is 1. The van der Waals surface area contributed by atoms with Gasteiger partial charge in [-0.2, -0.15) is 8.42 Å². The van der Waals surface area contributed by atoms with E-state index in [4.69, 9.17) is 24.9 Å². The minimum absolute atomic E-state index is 0.0602. The molecule has 2 aromatic carbocycles. The molecule has 0 saturated carbocycles. The van der Waals surface area contributed by atoms with Crippen molar-refractivity contribution in [2.45, 2.75) is 20.0 Å². The Bertz CT molecular complexity index is 1140. The number of methoxy groups -OCH3 is 1. The van der Waals surface area contributed by atoms with Crippen LogP contribution in [0, 0.1) is 0 Å². The van der Waals surface area contributed by atoms with Crippen LogP contribution in [0.4, 0.5) is 0 Å². The van der Waals surface area contributed by atoms with Gasteiger partial charge < -0.3 is 18.2 Å². The van der Waals surface area contributed by atoms with Gasteiger partial charge in [-0.05, 0) is 48.9 Å². The highest BCUT2D eigenvalue weighted by atomic mass is 35.5. The van der Waals surface area contributed by atoms with Crippen molar-refractivity contribution >= 4 is 27.6 Å². The predicted octanol–water partition coefficient (Wildman–Crippen LogP) is 4.51. The van der Waals surface area contributed by atoms with E-state index < -0.39 is 10.1 Å². The zero-order valence-corrected chi connectivity index (χ0v) is 18.7. The summed E-state index contributed by atoms with van der Waals surface area (Å²) in [6, 6.07) is 15.2. The van der Waals surface area contributed by atoms with Gasteiger partial charge in [-0.15, -0.1) is 0 Å². The molecule has 7 nitrogen and oxygen atoms in total. The van der Waals surface area contributed by atoms with Gasteiger partial charge >= 0.3 is 10.1 Å². The van der Waals surface area contributed by atoms with Crippen LogP contribution in [-0.2, 0) is 23.2 Å². The summed E-state index contributed by atoms with van der Waals surface area (Å²) in [6.45, 7) is 1.85. The molecule has 0 N–H and O–H groups in total. The number of furan rings is 1. The summed E-state index contributed by atoms with van der Waals surface area (Å²) in [5.41, 5.74) is 1.00. The van der Waals surface area contributed by atoms with Crippen molar-refractivity contribution in [2.75, 3.05) is 12.9 Å². The maximum absolute atomic E-state index is 13.2. The molecule has 0 aliphatic carbocycles. The molecule has 0 radical (unpaired) electrons. The van der Waals surface area contributed by atoms with Gasteiger partial charge in [0.05, 0.1) is 36.3 Å². The lowest BCUT2D eigenvalue weighted by molar-refractivity contribution is 0.0717. The average molecular weight is 464 g/mol. The Hall–Kier alpha value is -2.97. The van der Waals surface area contributed by atoms with Crippen LogP contribution in [0.5, 0.6) is 11.5 Å². The topological polar surface area (TPSA) is 86.1 Å². The largest absolute Gasteiger partial charge is 0.493 e. The molecule has 164 valence electrons. The summed E-state index contributed by atoms with van der Waals surface area (Å²) in [5, 5.41) is 0.338. The number of halogens is 1. The van der Waals surface area contributed by atoms with Crippen LogP contribution in [-0.4, -0.2) is 32.1 Å². The zero-order chi connectivity index (χ0) is 22.4. The van der Waals surface area contributed by atoms with E-state index in [0.29, 0.717) is 21.9 Å². The molecule has 3 aromatic rings. The summed E-state index contributed by atoms with van der Waals surface area (Å²) in [6.07, 6.45) is 1.53. The maximum atomic E-state index is 13.2. The average Bonchev–Trinajstić information content (AvgIpc) is 3.26. The zero-order valence-electron chi connectivity index (χ0n) is 17.1. The first kappa shape index (κ1) is 22.7. The highest BCUT2D eigenvalue weighted by Crippen LogP contribution is 2.30. The Kier molecular flexibility index (Phi) is 7.25. The Morgan fingerprint density at radius 2 is 1.84 bits per heavy atom. The van der Waals surface area contributed by atoms with E-state index in [1.807, 2.05) is 0 Å². The molecule has 0 aliphatic heterocycles. The standard InChI is InChI=1S/C22H22ClNO6S/c1-3-31(26,27)30-21-13-16(10-11-20(21)28-2)14-24(15-17-7-6-12-29-17)22(25)18-8-4-5-9-19(18)23/h4-13H,3,14-15H2,1-2H3. The van der Waals surface area contributed by atoms with Crippen molar-refractivity contribution < 1.29 is 26.5 Å². The summed E-state index contributed by atoms with van der Waals surface area (Å²) in [7, 11) is -2.33. The van der Waals surface area contributed by atoms with Gasteiger partial charge in [0.15, 0.2) is 11.5 Å². The first-order valence-corrected chi connectivity index (χ1v) is 11.4. The lowest BCUT2D eigenvalue weighted by Crippen LogP contribution is -2.30. The van der Waals surface area contributed by atoms with E-state index in [1.54, 1.807) is 59.5 Å². The van der Waals surface area contributed by atoms with Crippen LogP contribution in [0.3, 0.4) is 0 Å².